The summed E-state index contributed by atoms with van der Waals surface area (Å²) in [6.45, 7) is 12.7. The van der Waals surface area contributed by atoms with Crippen molar-refractivity contribution in [1.29, 1.82) is 0 Å². The third-order valence-electron chi connectivity index (χ3n) is 5.57. The fourth-order valence-corrected chi connectivity index (χ4v) is 19.7. The van der Waals surface area contributed by atoms with E-state index in [-0.39, 0.29) is 5.97 Å². The van der Waals surface area contributed by atoms with E-state index in [9.17, 15) is 4.79 Å². The van der Waals surface area contributed by atoms with Gasteiger partial charge in [-0.3, -0.25) is 0 Å². The molecule has 2 nitrogen and oxygen atoms in total. The van der Waals surface area contributed by atoms with Gasteiger partial charge in [0.2, 0.25) is 0 Å². The molecular weight excluding hydrogens is 439 g/mol. The molecule has 0 radical (unpaired) electrons. The second-order valence-corrected chi connectivity index (χ2v) is 21.2. The number of carbonyl (C=O) groups excluding carboxylic acids is 1. The van der Waals surface area contributed by atoms with Gasteiger partial charge in [0.25, 0.3) is 0 Å². The summed E-state index contributed by atoms with van der Waals surface area (Å²) in [5.74, 6) is -0.291. The Labute approximate surface area is 171 Å². The van der Waals surface area contributed by atoms with Crippen LogP contribution in [-0.4, -0.2) is 31.0 Å². The summed E-state index contributed by atoms with van der Waals surface area (Å²) in [5.41, 5.74) is 1.72. The molecule has 0 N–H and O–H groups in total. The van der Waals surface area contributed by atoms with Gasteiger partial charge in [0.15, 0.2) is 0 Å². The topological polar surface area (TPSA) is 26.3 Å². The monoisotopic (exact) mass is 480 g/mol. The number of hydrogen-bond acceptors (Lipinski definition) is 2. The SMILES string of the molecule is C=C(C)C(=O)OCCc1cc[c]([Sn]([CH2]CCC)([CH2]CCC)[CH2]CCC)cc1. The van der Waals surface area contributed by atoms with Gasteiger partial charge >= 0.3 is 172 Å². The maximum absolute atomic E-state index is 11.5. The van der Waals surface area contributed by atoms with E-state index in [1.165, 1.54) is 57.4 Å². The molecule has 0 saturated heterocycles. The van der Waals surface area contributed by atoms with Gasteiger partial charge in [-0.1, -0.05) is 0 Å². The van der Waals surface area contributed by atoms with Gasteiger partial charge in [0, 0.05) is 0 Å². The van der Waals surface area contributed by atoms with E-state index in [4.69, 9.17) is 4.74 Å². The van der Waals surface area contributed by atoms with Crippen LogP contribution < -0.4 is 3.58 Å². The number of hydrogen-bond donors (Lipinski definition) is 0. The summed E-state index contributed by atoms with van der Waals surface area (Å²) in [4.78, 5) is 11.5. The molecule has 0 bridgehead atoms. The van der Waals surface area contributed by atoms with Crippen molar-refractivity contribution in [3.05, 3.63) is 42.0 Å². The molecule has 27 heavy (non-hydrogen) atoms. The van der Waals surface area contributed by atoms with Crippen LogP contribution in [-0.2, 0) is 16.0 Å². The first-order valence-electron chi connectivity index (χ1n) is 10.9. The van der Waals surface area contributed by atoms with E-state index in [1.54, 1.807) is 10.5 Å². The van der Waals surface area contributed by atoms with Crippen molar-refractivity contribution < 1.29 is 9.53 Å². The summed E-state index contributed by atoms with van der Waals surface area (Å²) in [7, 11) is 0. The molecule has 0 saturated carbocycles. The Bertz CT molecular complexity index is 540. The molecule has 0 aliphatic heterocycles. The molecule has 0 atom stereocenters. The van der Waals surface area contributed by atoms with Gasteiger partial charge in [0.05, 0.1) is 0 Å². The normalized spacial score (nSPS) is 11.4. The van der Waals surface area contributed by atoms with Crippen molar-refractivity contribution in [3.63, 3.8) is 0 Å². The Morgan fingerprint density at radius 2 is 1.41 bits per heavy atom. The zero-order valence-electron chi connectivity index (χ0n) is 18.1. The van der Waals surface area contributed by atoms with Crippen LogP contribution in [0.4, 0.5) is 0 Å². The van der Waals surface area contributed by atoms with Gasteiger partial charge in [-0.25, -0.2) is 0 Å². The first kappa shape index (κ1) is 24.3. The zero-order valence-corrected chi connectivity index (χ0v) is 21.0. The van der Waals surface area contributed by atoms with Crippen LogP contribution in [0.1, 0.15) is 71.8 Å². The van der Waals surface area contributed by atoms with Crippen molar-refractivity contribution in [2.75, 3.05) is 6.61 Å². The van der Waals surface area contributed by atoms with Gasteiger partial charge in [0.1, 0.15) is 0 Å². The molecule has 152 valence electrons. The number of benzene rings is 1. The fourth-order valence-electron chi connectivity index (χ4n) is 3.76. The van der Waals surface area contributed by atoms with E-state index in [1.807, 2.05) is 0 Å². The van der Waals surface area contributed by atoms with E-state index in [2.05, 4.69) is 51.6 Å². The van der Waals surface area contributed by atoms with Crippen molar-refractivity contribution in [2.24, 2.45) is 0 Å². The molecule has 3 heteroatoms. The van der Waals surface area contributed by atoms with E-state index in [0.29, 0.717) is 12.2 Å². The number of ether oxygens (including phenoxy) is 1. The summed E-state index contributed by atoms with van der Waals surface area (Å²) in [6, 6.07) is 9.40. The third kappa shape index (κ3) is 8.41. The van der Waals surface area contributed by atoms with Crippen LogP contribution in [0.25, 0.3) is 0 Å². The van der Waals surface area contributed by atoms with Gasteiger partial charge in [-0.2, -0.15) is 0 Å². The molecule has 1 aromatic rings. The molecular formula is C24H40O2Sn. The second-order valence-electron chi connectivity index (χ2n) is 7.95. The fraction of sp³-hybridized carbons (Fsp3) is 0.625. The van der Waals surface area contributed by atoms with E-state index < -0.39 is 18.4 Å². The van der Waals surface area contributed by atoms with E-state index >= 15 is 0 Å². The predicted molar refractivity (Wildman–Crippen MR) is 120 cm³/mol. The van der Waals surface area contributed by atoms with Gasteiger partial charge in [-0.05, 0) is 0 Å². The average molecular weight is 479 g/mol. The maximum atomic E-state index is 11.5. The molecule has 0 unspecified atom stereocenters. The summed E-state index contributed by atoms with van der Waals surface area (Å²) in [6.07, 6.45) is 8.88. The Morgan fingerprint density at radius 3 is 1.81 bits per heavy atom. The Morgan fingerprint density at radius 1 is 0.926 bits per heavy atom. The predicted octanol–water partition coefficient (Wildman–Crippen LogP) is 6.40. The molecule has 0 aliphatic carbocycles. The second kappa shape index (κ2) is 13.4. The minimum atomic E-state index is -2.31. The molecule has 1 aromatic carbocycles. The van der Waals surface area contributed by atoms with Crippen LogP contribution in [0.3, 0.4) is 0 Å². The van der Waals surface area contributed by atoms with Crippen LogP contribution in [0, 0.1) is 0 Å². The number of carbonyl (C=O) groups is 1. The van der Waals surface area contributed by atoms with Crippen LogP contribution in [0.5, 0.6) is 0 Å². The van der Waals surface area contributed by atoms with Gasteiger partial charge in [-0.15, -0.1) is 0 Å². The van der Waals surface area contributed by atoms with E-state index in [0.717, 1.165) is 6.42 Å². The number of esters is 1. The Hall–Kier alpha value is -0.771. The van der Waals surface area contributed by atoms with Gasteiger partial charge < -0.3 is 0 Å². The first-order chi connectivity index (χ1) is 13.0. The molecule has 1 rings (SSSR count). The van der Waals surface area contributed by atoms with Crippen molar-refractivity contribution >= 4 is 27.9 Å². The quantitative estimate of drug-likeness (QED) is 0.175. The summed E-state index contributed by atoms with van der Waals surface area (Å²) >= 11 is -2.31. The molecule has 0 aliphatic rings. The summed E-state index contributed by atoms with van der Waals surface area (Å²) < 4.78 is 11.5. The van der Waals surface area contributed by atoms with Crippen LogP contribution in [0.15, 0.2) is 36.4 Å². The zero-order chi connectivity index (χ0) is 20.1. The van der Waals surface area contributed by atoms with Crippen molar-refractivity contribution in [1.82, 2.24) is 0 Å². The Kier molecular flexibility index (Phi) is 12.1. The standard InChI is InChI=1S/C12H13O2.3C4H9.Sn/c1-10(2)12(13)14-9-8-11-6-4-3-5-7-11;3*1-3-4-2;/h4-7H,1,8-9H2,2H3;3*1,3-4H2,2H3;. The molecule has 0 amide bonds. The molecule has 0 aromatic heterocycles. The average Bonchev–Trinajstić information content (AvgIpc) is 2.68. The minimum absolute atomic E-state index is 0.291. The Balaban J connectivity index is 2.87. The third-order valence-corrected chi connectivity index (χ3v) is 21.2. The number of rotatable bonds is 14. The number of unbranched alkanes of at least 4 members (excludes halogenated alkanes) is 3. The molecule has 0 heterocycles. The molecule has 0 fully saturated rings. The van der Waals surface area contributed by atoms with Crippen molar-refractivity contribution in [2.45, 2.75) is 86.0 Å². The van der Waals surface area contributed by atoms with Crippen LogP contribution in [0.2, 0.25) is 13.3 Å². The molecule has 0 spiro atoms. The summed E-state index contributed by atoms with van der Waals surface area (Å²) in [5, 5.41) is 0. The van der Waals surface area contributed by atoms with Crippen LogP contribution >= 0.6 is 0 Å². The first-order valence-corrected chi connectivity index (χ1v) is 18.4. The van der Waals surface area contributed by atoms with Crippen molar-refractivity contribution in [3.8, 4) is 0 Å².